The average Bonchev–Trinajstić information content (AvgIpc) is 2.47. The molecule has 0 radical (unpaired) electrons. The van der Waals surface area contributed by atoms with E-state index in [1.165, 1.54) is 0 Å². The van der Waals surface area contributed by atoms with Crippen LogP contribution < -0.4 is 10.6 Å². The summed E-state index contributed by atoms with van der Waals surface area (Å²) in [6.45, 7) is 3.74. The molecule has 2 unspecified atom stereocenters. The summed E-state index contributed by atoms with van der Waals surface area (Å²) in [5.74, 6) is -0.0561. The molecule has 0 aromatic carbocycles. The van der Waals surface area contributed by atoms with E-state index in [2.05, 4.69) is 15.6 Å². The molecule has 2 N–H and O–H groups in total. The first kappa shape index (κ1) is 21.9. The lowest BCUT2D eigenvalue weighted by Crippen LogP contribution is -2.44. The summed E-state index contributed by atoms with van der Waals surface area (Å²) in [6.07, 6.45) is -1.44. The van der Waals surface area contributed by atoms with Crippen LogP contribution in [-0.2, 0) is 6.18 Å². The minimum Gasteiger partial charge on any atom is -0.349 e. The van der Waals surface area contributed by atoms with E-state index in [-0.39, 0.29) is 36.4 Å². The smallest absolute Gasteiger partial charge is 0.349 e. The lowest BCUT2D eigenvalue weighted by Gasteiger charge is -2.28. The van der Waals surface area contributed by atoms with Crippen molar-refractivity contribution in [1.82, 2.24) is 15.6 Å². The highest BCUT2D eigenvalue weighted by molar-refractivity contribution is 5.94. The Bertz CT molecular complexity index is 491. The number of hydrogen-bond donors (Lipinski definition) is 2. The van der Waals surface area contributed by atoms with Crippen molar-refractivity contribution in [1.29, 1.82) is 0 Å². The molecule has 0 aliphatic carbocycles. The van der Waals surface area contributed by atoms with E-state index in [9.17, 15) is 18.0 Å². The van der Waals surface area contributed by atoms with E-state index in [4.69, 9.17) is 0 Å². The number of rotatable bonds is 3. The van der Waals surface area contributed by atoms with E-state index in [0.717, 1.165) is 44.3 Å². The highest BCUT2D eigenvalue weighted by Gasteiger charge is 2.32. The Labute approximate surface area is 145 Å². The third-order valence-corrected chi connectivity index (χ3v) is 3.72. The van der Waals surface area contributed by atoms with Gasteiger partial charge in [0.1, 0.15) is 5.69 Å². The molecule has 1 aromatic heterocycles. The first-order valence-corrected chi connectivity index (χ1v) is 6.93. The molecule has 0 bridgehead atoms. The van der Waals surface area contributed by atoms with Crippen LogP contribution in [0.1, 0.15) is 35.8 Å². The first-order valence-electron chi connectivity index (χ1n) is 6.93. The van der Waals surface area contributed by atoms with Crippen LogP contribution in [0.2, 0.25) is 0 Å². The predicted octanol–water partition coefficient (Wildman–Crippen LogP) is 3.06. The monoisotopic (exact) mass is 373 g/mol. The fourth-order valence-electron chi connectivity index (χ4n) is 2.41. The third kappa shape index (κ3) is 6.16. The number of amides is 1. The van der Waals surface area contributed by atoms with Gasteiger partial charge in [0.05, 0.1) is 5.56 Å². The maximum atomic E-state index is 12.4. The molecule has 0 spiro atoms. The molecular formula is C14H20Cl2F3N3O. The second kappa shape index (κ2) is 9.30. The second-order valence-electron chi connectivity index (χ2n) is 5.30. The van der Waals surface area contributed by atoms with Gasteiger partial charge in [0.25, 0.3) is 5.91 Å². The van der Waals surface area contributed by atoms with Gasteiger partial charge in [-0.15, -0.1) is 24.8 Å². The minimum atomic E-state index is -4.49. The van der Waals surface area contributed by atoms with Gasteiger partial charge in [-0.2, -0.15) is 13.2 Å². The standard InChI is InChI=1S/C14H18F3N3O.2ClH/c1-9(10-3-2-6-18-7-10)20-13(21)11-4-5-12(19-8-11)14(15,16)17;;/h4-5,8-10,18H,2-3,6-7H2,1H3,(H,20,21);2*1H. The summed E-state index contributed by atoms with van der Waals surface area (Å²) in [6, 6.07) is 1.94. The molecule has 2 rings (SSSR count). The van der Waals surface area contributed by atoms with Gasteiger partial charge in [-0.3, -0.25) is 9.78 Å². The highest BCUT2D eigenvalue weighted by atomic mass is 35.5. The van der Waals surface area contributed by atoms with Crippen molar-refractivity contribution in [2.45, 2.75) is 32.0 Å². The topological polar surface area (TPSA) is 54.0 Å². The van der Waals surface area contributed by atoms with E-state index in [0.29, 0.717) is 5.92 Å². The lowest BCUT2D eigenvalue weighted by molar-refractivity contribution is -0.141. The van der Waals surface area contributed by atoms with Gasteiger partial charge < -0.3 is 10.6 Å². The van der Waals surface area contributed by atoms with Crippen LogP contribution in [0.3, 0.4) is 0 Å². The average molecular weight is 374 g/mol. The normalized spacial score (nSPS) is 19.0. The molecule has 1 amide bonds. The fraction of sp³-hybridized carbons (Fsp3) is 0.571. The number of carbonyl (C=O) groups excluding carboxylic acids is 1. The van der Waals surface area contributed by atoms with Crippen molar-refractivity contribution in [3.05, 3.63) is 29.6 Å². The summed E-state index contributed by atoms with van der Waals surface area (Å²) < 4.78 is 37.2. The number of hydrogen-bond acceptors (Lipinski definition) is 3. The first-order chi connectivity index (χ1) is 9.88. The summed E-state index contributed by atoms with van der Waals surface area (Å²) in [5, 5.41) is 6.09. The van der Waals surface area contributed by atoms with E-state index in [1.807, 2.05) is 6.92 Å². The van der Waals surface area contributed by atoms with Crippen LogP contribution in [0.4, 0.5) is 13.2 Å². The molecule has 1 fully saturated rings. The molecule has 1 aromatic rings. The molecule has 0 saturated carbocycles. The molecule has 2 atom stereocenters. The SMILES string of the molecule is CC(NC(=O)c1ccc(C(F)(F)F)nc1)C1CCCNC1.Cl.Cl. The number of aromatic nitrogens is 1. The Morgan fingerprint density at radius 1 is 1.39 bits per heavy atom. The molecule has 1 saturated heterocycles. The molecular weight excluding hydrogens is 354 g/mol. The summed E-state index contributed by atoms with van der Waals surface area (Å²) >= 11 is 0. The van der Waals surface area contributed by atoms with Crippen molar-refractivity contribution in [2.75, 3.05) is 13.1 Å². The Hall–Kier alpha value is -1.05. The highest BCUT2D eigenvalue weighted by Crippen LogP contribution is 2.27. The van der Waals surface area contributed by atoms with Crippen LogP contribution in [0, 0.1) is 5.92 Å². The molecule has 23 heavy (non-hydrogen) atoms. The number of pyridine rings is 1. The Balaban J connectivity index is 0.00000242. The van der Waals surface area contributed by atoms with E-state index < -0.39 is 17.8 Å². The quantitative estimate of drug-likeness (QED) is 0.855. The Morgan fingerprint density at radius 3 is 2.57 bits per heavy atom. The number of piperidine rings is 1. The molecule has 4 nitrogen and oxygen atoms in total. The molecule has 2 heterocycles. The van der Waals surface area contributed by atoms with Crippen molar-refractivity contribution < 1.29 is 18.0 Å². The van der Waals surface area contributed by atoms with Gasteiger partial charge in [0, 0.05) is 12.2 Å². The van der Waals surface area contributed by atoms with Crippen LogP contribution in [0.15, 0.2) is 18.3 Å². The fourth-order valence-corrected chi connectivity index (χ4v) is 2.41. The van der Waals surface area contributed by atoms with Crippen molar-refractivity contribution >= 4 is 30.7 Å². The Kier molecular flexibility index (Phi) is 8.87. The zero-order valence-corrected chi connectivity index (χ0v) is 14.2. The van der Waals surface area contributed by atoms with Crippen molar-refractivity contribution in [3.8, 4) is 0 Å². The largest absolute Gasteiger partial charge is 0.433 e. The van der Waals surface area contributed by atoms with Crippen LogP contribution in [0.25, 0.3) is 0 Å². The van der Waals surface area contributed by atoms with Gasteiger partial charge in [0.15, 0.2) is 0 Å². The van der Waals surface area contributed by atoms with E-state index in [1.54, 1.807) is 0 Å². The lowest BCUT2D eigenvalue weighted by atomic mass is 9.92. The maximum Gasteiger partial charge on any atom is 0.433 e. The van der Waals surface area contributed by atoms with Gasteiger partial charge in [-0.1, -0.05) is 0 Å². The zero-order chi connectivity index (χ0) is 15.5. The van der Waals surface area contributed by atoms with Crippen molar-refractivity contribution in [2.24, 2.45) is 5.92 Å². The maximum absolute atomic E-state index is 12.4. The summed E-state index contributed by atoms with van der Waals surface area (Å²) in [7, 11) is 0. The number of halogens is 5. The number of alkyl halides is 3. The van der Waals surface area contributed by atoms with Gasteiger partial charge in [-0.25, -0.2) is 0 Å². The third-order valence-electron chi connectivity index (χ3n) is 3.72. The zero-order valence-electron chi connectivity index (χ0n) is 12.5. The molecule has 9 heteroatoms. The van der Waals surface area contributed by atoms with Gasteiger partial charge in [-0.05, 0) is 50.9 Å². The molecule has 1 aliphatic heterocycles. The summed E-state index contributed by atoms with van der Waals surface area (Å²) in [5.41, 5.74) is -0.859. The van der Waals surface area contributed by atoms with Crippen LogP contribution >= 0.6 is 24.8 Å². The van der Waals surface area contributed by atoms with Crippen LogP contribution in [-0.4, -0.2) is 30.0 Å². The predicted molar refractivity (Wildman–Crippen MR) is 86.3 cm³/mol. The number of carbonyl (C=O) groups is 1. The van der Waals surface area contributed by atoms with E-state index >= 15 is 0 Å². The second-order valence-corrected chi connectivity index (χ2v) is 5.30. The minimum absolute atomic E-state index is 0. The van der Waals surface area contributed by atoms with Gasteiger partial charge >= 0.3 is 6.18 Å². The Morgan fingerprint density at radius 2 is 2.09 bits per heavy atom. The number of nitrogens with one attached hydrogen (secondary N) is 2. The van der Waals surface area contributed by atoms with Crippen molar-refractivity contribution in [3.63, 3.8) is 0 Å². The van der Waals surface area contributed by atoms with Gasteiger partial charge in [0.2, 0.25) is 0 Å². The molecule has 132 valence electrons. The van der Waals surface area contributed by atoms with Crippen LogP contribution in [0.5, 0.6) is 0 Å². The number of nitrogens with zero attached hydrogens (tertiary/aromatic N) is 1. The molecule has 1 aliphatic rings. The summed E-state index contributed by atoms with van der Waals surface area (Å²) in [4.78, 5) is 15.3.